The standard InChI is InChI=1S/C14H23N3/c1-2-12-17(14-8-10-15-11-9-14)16-13-6-4-3-5-7-13/h8-11,13,16H,2-7,12H2,1H3. The first-order valence-electron chi connectivity index (χ1n) is 6.84. The summed E-state index contributed by atoms with van der Waals surface area (Å²) in [5.74, 6) is 0. The molecule has 0 aliphatic heterocycles. The van der Waals surface area contributed by atoms with E-state index in [1.165, 1.54) is 37.8 Å². The summed E-state index contributed by atoms with van der Waals surface area (Å²) in [6, 6.07) is 4.81. The van der Waals surface area contributed by atoms with Crippen molar-refractivity contribution in [3.63, 3.8) is 0 Å². The molecule has 0 spiro atoms. The zero-order chi connectivity index (χ0) is 11.9. The largest absolute Gasteiger partial charge is 0.308 e. The fourth-order valence-electron chi connectivity index (χ4n) is 2.47. The van der Waals surface area contributed by atoms with Crippen molar-refractivity contribution < 1.29 is 0 Å². The van der Waals surface area contributed by atoms with Gasteiger partial charge < -0.3 is 5.01 Å². The Kier molecular flexibility index (Phi) is 4.80. The first-order chi connectivity index (χ1) is 8.40. The van der Waals surface area contributed by atoms with E-state index >= 15 is 0 Å². The molecule has 0 saturated heterocycles. The molecule has 1 saturated carbocycles. The van der Waals surface area contributed by atoms with Crippen LogP contribution in [0.25, 0.3) is 0 Å². The normalized spacial score (nSPS) is 17.0. The van der Waals surface area contributed by atoms with Crippen LogP contribution in [0.4, 0.5) is 5.69 Å². The highest BCUT2D eigenvalue weighted by Crippen LogP contribution is 2.19. The molecular weight excluding hydrogens is 210 g/mol. The molecule has 17 heavy (non-hydrogen) atoms. The first-order valence-corrected chi connectivity index (χ1v) is 6.84. The number of nitrogens with one attached hydrogen (secondary N) is 1. The van der Waals surface area contributed by atoms with Crippen LogP contribution in [-0.2, 0) is 0 Å². The fraction of sp³-hybridized carbons (Fsp3) is 0.643. The zero-order valence-corrected chi connectivity index (χ0v) is 10.7. The summed E-state index contributed by atoms with van der Waals surface area (Å²) in [6.07, 6.45) is 11.6. The molecule has 1 fully saturated rings. The number of nitrogens with zero attached hydrogens (tertiary/aromatic N) is 2. The second-order valence-corrected chi connectivity index (χ2v) is 4.82. The van der Waals surface area contributed by atoms with Crippen LogP contribution in [0.5, 0.6) is 0 Å². The topological polar surface area (TPSA) is 28.2 Å². The zero-order valence-electron chi connectivity index (χ0n) is 10.7. The van der Waals surface area contributed by atoms with E-state index in [1.807, 2.05) is 12.4 Å². The van der Waals surface area contributed by atoms with Gasteiger partial charge in [0.15, 0.2) is 0 Å². The van der Waals surface area contributed by atoms with Crippen molar-refractivity contribution in [3.05, 3.63) is 24.5 Å². The number of hydrazine groups is 1. The molecule has 0 amide bonds. The Hall–Kier alpha value is -1.09. The Morgan fingerprint density at radius 3 is 2.59 bits per heavy atom. The highest BCUT2D eigenvalue weighted by Gasteiger charge is 2.16. The lowest BCUT2D eigenvalue weighted by Gasteiger charge is -2.32. The molecule has 94 valence electrons. The molecular formula is C14H23N3. The average molecular weight is 233 g/mol. The average Bonchev–Trinajstić information content (AvgIpc) is 2.40. The van der Waals surface area contributed by atoms with Crippen LogP contribution in [0.2, 0.25) is 0 Å². The van der Waals surface area contributed by atoms with Gasteiger partial charge in [-0.15, -0.1) is 0 Å². The highest BCUT2D eigenvalue weighted by molar-refractivity contribution is 5.43. The fourth-order valence-corrected chi connectivity index (χ4v) is 2.47. The maximum absolute atomic E-state index is 4.08. The van der Waals surface area contributed by atoms with Gasteiger partial charge in [0.1, 0.15) is 0 Å². The molecule has 1 aromatic rings. The van der Waals surface area contributed by atoms with Gasteiger partial charge in [0, 0.05) is 25.0 Å². The van der Waals surface area contributed by atoms with Crippen LogP contribution < -0.4 is 10.4 Å². The van der Waals surface area contributed by atoms with E-state index in [-0.39, 0.29) is 0 Å². The number of aromatic nitrogens is 1. The van der Waals surface area contributed by atoms with E-state index < -0.39 is 0 Å². The summed E-state index contributed by atoms with van der Waals surface area (Å²) in [5.41, 5.74) is 4.91. The number of hydrogen-bond donors (Lipinski definition) is 1. The van der Waals surface area contributed by atoms with Crippen LogP contribution in [0.1, 0.15) is 45.4 Å². The SMILES string of the molecule is CCCN(NC1CCCCC1)c1ccncc1. The van der Waals surface area contributed by atoms with E-state index in [0.717, 1.165) is 13.0 Å². The van der Waals surface area contributed by atoms with E-state index in [4.69, 9.17) is 0 Å². The van der Waals surface area contributed by atoms with Crippen molar-refractivity contribution in [1.29, 1.82) is 0 Å². The molecule has 0 aromatic carbocycles. The molecule has 1 N–H and O–H groups in total. The molecule has 0 unspecified atom stereocenters. The summed E-state index contributed by atoms with van der Waals surface area (Å²) in [4.78, 5) is 4.08. The third-order valence-electron chi connectivity index (χ3n) is 3.37. The minimum absolute atomic E-state index is 0.656. The van der Waals surface area contributed by atoms with Crippen LogP contribution in [0, 0.1) is 0 Å². The van der Waals surface area contributed by atoms with Crippen LogP contribution >= 0.6 is 0 Å². The van der Waals surface area contributed by atoms with E-state index in [2.05, 4.69) is 34.5 Å². The van der Waals surface area contributed by atoms with Gasteiger partial charge in [-0.3, -0.25) is 4.98 Å². The lowest BCUT2D eigenvalue weighted by molar-refractivity contribution is 0.363. The summed E-state index contributed by atoms with van der Waals surface area (Å²) < 4.78 is 0. The predicted molar refractivity (Wildman–Crippen MR) is 71.9 cm³/mol. The van der Waals surface area contributed by atoms with Crippen molar-refractivity contribution in [2.45, 2.75) is 51.5 Å². The summed E-state index contributed by atoms with van der Waals surface area (Å²) in [5, 5.41) is 2.29. The highest BCUT2D eigenvalue weighted by atomic mass is 15.5. The summed E-state index contributed by atoms with van der Waals surface area (Å²) in [7, 11) is 0. The van der Waals surface area contributed by atoms with Gasteiger partial charge in [-0.05, 0) is 31.4 Å². The second kappa shape index (κ2) is 6.60. The smallest absolute Gasteiger partial charge is 0.0550 e. The molecule has 1 aromatic heterocycles. The molecule has 1 aliphatic carbocycles. The Morgan fingerprint density at radius 2 is 1.94 bits per heavy atom. The van der Waals surface area contributed by atoms with Crippen molar-refractivity contribution in [2.75, 3.05) is 11.6 Å². The van der Waals surface area contributed by atoms with Crippen molar-refractivity contribution in [1.82, 2.24) is 10.4 Å². The van der Waals surface area contributed by atoms with Gasteiger partial charge in [-0.1, -0.05) is 26.2 Å². The quantitative estimate of drug-likeness (QED) is 0.792. The van der Waals surface area contributed by atoms with Crippen LogP contribution in [0.3, 0.4) is 0 Å². The molecule has 0 atom stereocenters. The van der Waals surface area contributed by atoms with Crippen molar-refractivity contribution in [3.8, 4) is 0 Å². The van der Waals surface area contributed by atoms with Crippen LogP contribution in [-0.4, -0.2) is 17.6 Å². The maximum atomic E-state index is 4.08. The van der Waals surface area contributed by atoms with Gasteiger partial charge >= 0.3 is 0 Å². The molecule has 1 heterocycles. The van der Waals surface area contributed by atoms with Gasteiger partial charge in [0.05, 0.1) is 5.69 Å². The number of rotatable bonds is 5. The summed E-state index contributed by atoms with van der Waals surface area (Å²) >= 11 is 0. The minimum atomic E-state index is 0.656. The van der Waals surface area contributed by atoms with Crippen molar-refractivity contribution >= 4 is 5.69 Å². The molecule has 3 nitrogen and oxygen atoms in total. The van der Waals surface area contributed by atoms with E-state index in [0.29, 0.717) is 6.04 Å². The minimum Gasteiger partial charge on any atom is -0.308 e. The molecule has 0 radical (unpaired) electrons. The van der Waals surface area contributed by atoms with Gasteiger partial charge in [-0.2, -0.15) is 0 Å². The number of pyridine rings is 1. The van der Waals surface area contributed by atoms with Gasteiger partial charge in [-0.25, -0.2) is 5.43 Å². The third-order valence-corrected chi connectivity index (χ3v) is 3.37. The Labute approximate surface area is 104 Å². The molecule has 1 aliphatic rings. The van der Waals surface area contributed by atoms with E-state index in [1.54, 1.807) is 0 Å². The van der Waals surface area contributed by atoms with E-state index in [9.17, 15) is 0 Å². The predicted octanol–water partition coefficient (Wildman–Crippen LogP) is 3.14. The third kappa shape index (κ3) is 3.70. The molecule has 2 rings (SSSR count). The second-order valence-electron chi connectivity index (χ2n) is 4.82. The van der Waals surface area contributed by atoms with Crippen molar-refractivity contribution in [2.24, 2.45) is 0 Å². The molecule has 3 heteroatoms. The van der Waals surface area contributed by atoms with Crippen LogP contribution in [0.15, 0.2) is 24.5 Å². The Morgan fingerprint density at radius 1 is 1.24 bits per heavy atom. The number of hydrogen-bond acceptors (Lipinski definition) is 3. The first kappa shape index (κ1) is 12.4. The van der Waals surface area contributed by atoms with Gasteiger partial charge in [0.2, 0.25) is 0 Å². The lowest BCUT2D eigenvalue weighted by atomic mass is 9.96. The Bertz CT molecular complexity index is 307. The monoisotopic (exact) mass is 233 g/mol. The molecule has 0 bridgehead atoms. The maximum Gasteiger partial charge on any atom is 0.0550 e. The Balaban J connectivity index is 1.96. The summed E-state index contributed by atoms with van der Waals surface area (Å²) in [6.45, 7) is 3.28. The number of anilines is 1. The lowest BCUT2D eigenvalue weighted by Crippen LogP contribution is -2.46. The van der Waals surface area contributed by atoms with Gasteiger partial charge in [0.25, 0.3) is 0 Å².